The van der Waals surface area contributed by atoms with E-state index in [2.05, 4.69) is 16.0 Å². The van der Waals surface area contributed by atoms with Gasteiger partial charge < -0.3 is 16.0 Å². The second-order valence-corrected chi connectivity index (χ2v) is 11.4. The molecule has 2 unspecified atom stereocenters. The number of hydrogen-bond acceptors (Lipinski definition) is 3. The third-order valence-corrected chi connectivity index (χ3v) is 8.41. The van der Waals surface area contributed by atoms with Crippen LogP contribution in [0, 0.1) is 12.8 Å². The smallest absolute Gasteiger partial charge is 0.257 e. The molecule has 2 atom stereocenters. The Kier molecular flexibility index (Phi) is 7.92. The normalized spacial score (nSPS) is 17.9. The minimum absolute atomic E-state index is 0.193. The van der Waals surface area contributed by atoms with Gasteiger partial charge in [0.2, 0.25) is 5.91 Å². The Morgan fingerprint density at radius 1 is 0.833 bits per heavy atom. The summed E-state index contributed by atoms with van der Waals surface area (Å²) < 4.78 is -1.37. The van der Waals surface area contributed by atoms with Gasteiger partial charge in [0.25, 0.3) is 5.91 Å². The van der Waals surface area contributed by atoms with E-state index in [1.54, 1.807) is 24.3 Å². The van der Waals surface area contributed by atoms with Gasteiger partial charge in [-0.05, 0) is 66.6 Å². The molecule has 0 aliphatic heterocycles. The van der Waals surface area contributed by atoms with E-state index in [4.69, 9.17) is 69.6 Å². The molecule has 0 bridgehead atoms. The van der Waals surface area contributed by atoms with Crippen LogP contribution in [0.3, 0.4) is 0 Å². The summed E-state index contributed by atoms with van der Waals surface area (Å²) in [7, 11) is 1.81. The zero-order chi connectivity index (χ0) is 26.4. The number of halogens is 6. The summed E-state index contributed by atoms with van der Waals surface area (Å²) in [6.45, 7) is 1.88. The first kappa shape index (κ1) is 27.2. The van der Waals surface area contributed by atoms with E-state index in [1.807, 2.05) is 26.1 Å². The van der Waals surface area contributed by atoms with Crippen molar-refractivity contribution in [3.8, 4) is 0 Å². The molecular weight excluding hydrogens is 587 g/mol. The van der Waals surface area contributed by atoms with Crippen LogP contribution >= 0.6 is 69.6 Å². The fraction of sp³-hybridized carbons (Fsp3) is 0.200. The number of amides is 2. The highest BCUT2D eigenvalue weighted by molar-refractivity contribution is 6.54. The summed E-state index contributed by atoms with van der Waals surface area (Å²) in [6, 6.07) is 13.3. The van der Waals surface area contributed by atoms with E-state index in [0.29, 0.717) is 16.9 Å². The zero-order valence-electron chi connectivity index (χ0n) is 18.9. The first-order valence-electron chi connectivity index (χ1n) is 10.7. The quantitative estimate of drug-likeness (QED) is 0.195. The lowest BCUT2D eigenvalue weighted by atomic mass is 10.1. The molecule has 0 aromatic heterocycles. The van der Waals surface area contributed by atoms with Crippen LogP contribution in [0.2, 0.25) is 20.1 Å². The van der Waals surface area contributed by atoms with Crippen LogP contribution in [0.25, 0.3) is 0 Å². The Morgan fingerprint density at radius 2 is 1.47 bits per heavy atom. The van der Waals surface area contributed by atoms with E-state index in [1.165, 1.54) is 12.1 Å². The Bertz CT molecular complexity index is 1350. The maximum atomic E-state index is 13.1. The van der Waals surface area contributed by atoms with Gasteiger partial charge in [0.1, 0.15) is 4.33 Å². The largest absolute Gasteiger partial charge is 0.388 e. The molecule has 1 aliphatic carbocycles. The van der Waals surface area contributed by atoms with E-state index in [9.17, 15) is 9.59 Å². The van der Waals surface area contributed by atoms with Crippen molar-refractivity contribution in [2.24, 2.45) is 5.92 Å². The van der Waals surface area contributed by atoms with E-state index in [0.717, 1.165) is 11.3 Å². The van der Waals surface area contributed by atoms with Crippen LogP contribution in [-0.2, 0) is 4.79 Å². The molecule has 1 aliphatic rings. The number of carbonyl (C=O) groups is 2. The van der Waals surface area contributed by atoms with Crippen molar-refractivity contribution in [1.29, 1.82) is 0 Å². The van der Waals surface area contributed by atoms with Crippen LogP contribution in [0.4, 0.5) is 17.1 Å². The van der Waals surface area contributed by atoms with Crippen molar-refractivity contribution >= 4 is 98.5 Å². The maximum Gasteiger partial charge on any atom is 0.257 e. The SMILES string of the molecule is CNc1ccc(NC(=O)c2cc(NC(=O)C3C(c4cc(Cl)c(Cl)c(Cl)c4)C3(Cl)Cl)ccc2Cl)c(C)c1. The molecular formula is C25H19Cl6N3O2. The summed E-state index contributed by atoms with van der Waals surface area (Å²) in [5, 5.41) is 9.57. The Labute approximate surface area is 238 Å². The highest BCUT2D eigenvalue weighted by atomic mass is 35.5. The third kappa shape index (κ3) is 5.38. The average molecular weight is 606 g/mol. The van der Waals surface area contributed by atoms with Crippen molar-refractivity contribution in [3.63, 3.8) is 0 Å². The predicted octanol–water partition coefficient (Wildman–Crippen LogP) is 8.43. The fourth-order valence-corrected chi connectivity index (χ4v) is 5.61. The molecule has 0 spiro atoms. The lowest BCUT2D eigenvalue weighted by Gasteiger charge is -2.12. The zero-order valence-corrected chi connectivity index (χ0v) is 23.4. The first-order valence-corrected chi connectivity index (χ1v) is 12.9. The molecule has 11 heteroatoms. The molecule has 3 aromatic carbocycles. The van der Waals surface area contributed by atoms with Gasteiger partial charge in [-0.3, -0.25) is 9.59 Å². The number of carbonyl (C=O) groups excluding carboxylic acids is 2. The molecule has 3 N–H and O–H groups in total. The second kappa shape index (κ2) is 10.5. The lowest BCUT2D eigenvalue weighted by molar-refractivity contribution is -0.117. The number of alkyl halides is 2. The second-order valence-electron chi connectivity index (χ2n) is 8.35. The minimum Gasteiger partial charge on any atom is -0.388 e. The standard InChI is InChI=1S/C25H19Cl6N3O2/c1-11-7-13(32-2)4-6-19(11)34-23(35)15-10-14(3-5-16(15)26)33-24(36)21-20(25(21,30)31)12-8-17(27)22(29)18(28)9-12/h3-10,20-21,32H,1-2H3,(H,33,36)(H,34,35). The van der Waals surface area contributed by atoms with E-state index < -0.39 is 28.0 Å². The molecule has 0 heterocycles. The molecule has 5 nitrogen and oxygen atoms in total. The van der Waals surface area contributed by atoms with Gasteiger partial charge in [-0.1, -0.05) is 46.4 Å². The molecule has 36 heavy (non-hydrogen) atoms. The molecule has 1 saturated carbocycles. The Morgan fingerprint density at radius 3 is 2.08 bits per heavy atom. The minimum atomic E-state index is -1.37. The number of nitrogens with one attached hydrogen (secondary N) is 3. The van der Waals surface area contributed by atoms with Gasteiger partial charge in [0.15, 0.2) is 0 Å². The van der Waals surface area contributed by atoms with Gasteiger partial charge in [-0.25, -0.2) is 0 Å². The van der Waals surface area contributed by atoms with Crippen molar-refractivity contribution in [1.82, 2.24) is 0 Å². The maximum absolute atomic E-state index is 13.1. The number of benzene rings is 3. The van der Waals surface area contributed by atoms with Crippen LogP contribution in [0.1, 0.15) is 27.4 Å². The fourth-order valence-electron chi connectivity index (χ4n) is 3.97. The lowest BCUT2D eigenvalue weighted by Crippen LogP contribution is -2.18. The predicted molar refractivity (Wildman–Crippen MR) is 151 cm³/mol. The summed E-state index contributed by atoms with van der Waals surface area (Å²) >= 11 is 37.5. The number of aryl methyl sites for hydroxylation is 1. The highest BCUT2D eigenvalue weighted by Crippen LogP contribution is 2.65. The highest BCUT2D eigenvalue weighted by Gasteiger charge is 2.67. The van der Waals surface area contributed by atoms with Gasteiger partial charge in [0.05, 0.1) is 31.6 Å². The van der Waals surface area contributed by atoms with Crippen molar-refractivity contribution < 1.29 is 9.59 Å². The summed E-state index contributed by atoms with van der Waals surface area (Å²) in [4.78, 5) is 26.0. The molecule has 2 amide bonds. The Balaban J connectivity index is 1.51. The van der Waals surface area contributed by atoms with Gasteiger partial charge in [-0.15, -0.1) is 23.2 Å². The molecule has 188 valence electrons. The topological polar surface area (TPSA) is 70.2 Å². The molecule has 1 fully saturated rings. The van der Waals surface area contributed by atoms with Crippen LogP contribution in [0.15, 0.2) is 48.5 Å². The molecule has 4 rings (SSSR count). The van der Waals surface area contributed by atoms with Gasteiger partial charge >= 0.3 is 0 Å². The average Bonchev–Trinajstić information content (AvgIpc) is 3.41. The monoisotopic (exact) mass is 603 g/mol. The van der Waals surface area contributed by atoms with E-state index in [-0.39, 0.29) is 25.7 Å². The number of hydrogen-bond donors (Lipinski definition) is 3. The van der Waals surface area contributed by atoms with Crippen molar-refractivity contribution in [2.75, 3.05) is 23.0 Å². The van der Waals surface area contributed by atoms with Crippen LogP contribution in [0.5, 0.6) is 0 Å². The summed E-state index contributed by atoms with van der Waals surface area (Å²) in [5.74, 6) is -2.18. The third-order valence-electron chi connectivity index (χ3n) is 5.94. The van der Waals surface area contributed by atoms with Crippen molar-refractivity contribution in [2.45, 2.75) is 17.2 Å². The van der Waals surface area contributed by atoms with Crippen LogP contribution < -0.4 is 16.0 Å². The van der Waals surface area contributed by atoms with Crippen LogP contribution in [-0.4, -0.2) is 23.2 Å². The first-order chi connectivity index (χ1) is 16.9. The van der Waals surface area contributed by atoms with Gasteiger partial charge in [-0.2, -0.15) is 0 Å². The number of anilines is 3. The molecule has 0 saturated heterocycles. The number of rotatable bonds is 6. The van der Waals surface area contributed by atoms with E-state index >= 15 is 0 Å². The molecule has 0 radical (unpaired) electrons. The van der Waals surface area contributed by atoms with Crippen molar-refractivity contribution in [3.05, 3.63) is 85.3 Å². The summed E-state index contributed by atoms with van der Waals surface area (Å²) in [5.41, 5.74) is 3.58. The molecule has 3 aromatic rings. The Hall–Kier alpha value is -1.86. The summed E-state index contributed by atoms with van der Waals surface area (Å²) in [6.07, 6.45) is 0. The van der Waals surface area contributed by atoms with Gasteiger partial charge in [0, 0.05) is 30.0 Å².